The van der Waals surface area contributed by atoms with Crippen LogP contribution in [0.1, 0.15) is 11.5 Å². The molecule has 1 atom stereocenters. The number of benzene rings is 1. The molecule has 7 nitrogen and oxygen atoms in total. The fourth-order valence-corrected chi connectivity index (χ4v) is 3.32. The molecule has 1 aromatic rings. The van der Waals surface area contributed by atoms with Gasteiger partial charge in [0.2, 0.25) is 11.8 Å². The number of methoxy groups -OCH3 is 1. The van der Waals surface area contributed by atoms with Crippen molar-refractivity contribution >= 4 is 17.8 Å². The quantitative estimate of drug-likeness (QED) is 0.755. The smallest absolute Gasteiger partial charge is 0.328 e. The zero-order valence-electron chi connectivity index (χ0n) is 12.4. The van der Waals surface area contributed by atoms with E-state index in [2.05, 4.69) is 10.6 Å². The van der Waals surface area contributed by atoms with Crippen molar-refractivity contribution in [1.29, 1.82) is 0 Å². The lowest BCUT2D eigenvalue weighted by molar-refractivity contribution is -0.144. The van der Waals surface area contributed by atoms with E-state index in [0.29, 0.717) is 12.3 Å². The van der Waals surface area contributed by atoms with E-state index < -0.39 is 23.3 Å². The van der Waals surface area contributed by atoms with Gasteiger partial charge in [0.1, 0.15) is 11.2 Å². The maximum Gasteiger partial charge on any atom is 0.328 e. The highest BCUT2D eigenvalue weighted by molar-refractivity contribution is 6.20. The number of urea groups is 1. The topological polar surface area (TPSA) is 87.7 Å². The average molecular weight is 303 g/mol. The van der Waals surface area contributed by atoms with Crippen LogP contribution in [0.5, 0.6) is 5.75 Å². The Morgan fingerprint density at radius 1 is 1.14 bits per heavy atom. The third-order valence-corrected chi connectivity index (χ3v) is 4.39. The summed E-state index contributed by atoms with van der Waals surface area (Å²) in [7, 11) is 3.43. The van der Waals surface area contributed by atoms with Crippen molar-refractivity contribution in [1.82, 2.24) is 15.5 Å². The zero-order chi connectivity index (χ0) is 15.9. The molecule has 1 aromatic carbocycles. The maximum absolute atomic E-state index is 12.4. The Bertz CT molecular complexity index is 621. The SMILES string of the molecule is COc1ccc(C2CN(C)CC23C(=O)NC(=O)NC3=O)cc1. The van der Waals surface area contributed by atoms with Gasteiger partial charge in [0.25, 0.3) is 0 Å². The van der Waals surface area contributed by atoms with E-state index >= 15 is 0 Å². The highest BCUT2D eigenvalue weighted by Gasteiger charge is 2.59. The first-order chi connectivity index (χ1) is 10.5. The van der Waals surface area contributed by atoms with Gasteiger partial charge in [0.15, 0.2) is 0 Å². The third-order valence-electron chi connectivity index (χ3n) is 4.39. The molecule has 7 heteroatoms. The van der Waals surface area contributed by atoms with Crippen LogP contribution in [0.3, 0.4) is 0 Å². The second-order valence-electron chi connectivity index (χ2n) is 5.73. The van der Waals surface area contributed by atoms with Crippen LogP contribution in [0.25, 0.3) is 0 Å². The molecule has 3 rings (SSSR count). The number of nitrogens with zero attached hydrogens (tertiary/aromatic N) is 1. The van der Waals surface area contributed by atoms with Gasteiger partial charge in [-0.15, -0.1) is 0 Å². The fraction of sp³-hybridized carbons (Fsp3) is 0.400. The highest BCUT2D eigenvalue weighted by Crippen LogP contribution is 2.44. The summed E-state index contributed by atoms with van der Waals surface area (Å²) in [4.78, 5) is 38.2. The molecule has 0 radical (unpaired) electrons. The van der Waals surface area contributed by atoms with Crippen molar-refractivity contribution in [2.75, 3.05) is 27.2 Å². The molecule has 1 unspecified atom stereocenters. The van der Waals surface area contributed by atoms with Crippen LogP contribution in [0.4, 0.5) is 4.79 Å². The molecule has 2 N–H and O–H groups in total. The Kier molecular flexibility index (Phi) is 3.37. The average Bonchev–Trinajstić information content (AvgIpc) is 2.84. The van der Waals surface area contributed by atoms with Crippen LogP contribution >= 0.6 is 0 Å². The van der Waals surface area contributed by atoms with E-state index in [9.17, 15) is 14.4 Å². The van der Waals surface area contributed by atoms with Gasteiger partial charge >= 0.3 is 6.03 Å². The second kappa shape index (κ2) is 5.10. The molecule has 4 amide bonds. The number of imide groups is 2. The first-order valence-corrected chi connectivity index (χ1v) is 6.96. The van der Waals surface area contributed by atoms with E-state index in [1.807, 2.05) is 24.1 Å². The summed E-state index contributed by atoms with van der Waals surface area (Å²) >= 11 is 0. The summed E-state index contributed by atoms with van der Waals surface area (Å²) in [5, 5.41) is 4.45. The van der Waals surface area contributed by atoms with Crippen LogP contribution in [0.2, 0.25) is 0 Å². The predicted octanol–water partition coefficient (Wildman–Crippen LogP) is 0.0766. The summed E-state index contributed by atoms with van der Waals surface area (Å²) < 4.78 is 5.13. The van der Waals surface area contributed by atoms with Crippen molar-refractivity contribution in [2.45, 2.75) is 5.92 Å². The first kappa shape index (κ1) is 14.5. The van der Waals surface area contributed by atoms with Gasteiger partial charge in [-0.25, -0.2) is 4.79 Å². The number of carbonyl (C=O) groups is 3. The molecule has 0 aromatic heterocycles. The van der Waals surface area contributed by atoms with Gasteiger partial charge in [-0.2, -0.15) is 0 Å². The Labute approximate surface area is 127 Å². The Hall–Kier alpha value is -2.41. The van der Waals surface area contributed by atoms with Crippen molar-refractivity contribution < 1.29 is 19.1 Å². The van der Waals surface area contributed by atoms with Crippen molar-refractivity contribution in [3.8, 4) is 5.75 Å². The lowest BCUT2D eigenvalue weighted by Crippen LogP contribution is -2.64. The van der Waals surface area contributed by atoms with E-state index in [0.717, 1.165) is 5.56 Å². The third kappa shape index (κ3) is 2.05. The molecule has 0 aliphatic carbocycles. The number of rotatable bonds is 2. The van der Waals surface area contributed by atoms with E-state index in [-0.39, 0.29) is 12.5 Å². The number of likely N-dealkylation sites (N-methyl/N-ethyl adjacent to an activating group) is 1. The number of hydrogen-bond acceptors (Lipinski definition) is 5. The number of amides is 4. The summed E-state index contributed by atoms with van der Waals surface area (Å²) in [5.41, 5.74) is -0.415. The summed E-state index contributed by atoms with van der Waals surface area (Å²) in [6, 6.07) is 6.53. The maximum atomic E-state index is 12.4. The number of carbonyl (C=O) groups excluding carboxylic acids is 3. The van der Waals surface area contributed by atoms with E-state index in [1.54, 1.807) is 19.2 Å². The van der Waals surface area contributed by atoms with Gasteiger partial charge < -0.3 is 9.64 Å². The molecule has 0 bridgehead atoms. The molecular weight excluding hydrogens is 286 g/mol. The number of ether oxygens (including phenoxy) is 1. The monoisotopic (exact) mass is 303 g/mol. The van der Waals surface area contributed by atoms with Crippen LogP contribution in [0.15, 0.2) is 24.3 Å². The summed E-state index contributed by atoms with van der Waals surface area (Å²) in [6.45, 7) is 0.829. The fourth-order valence-electron chi connectivity index (χ4n) is 3.32. The largest absolute Gasteiger partial charge is 0.497 e. The van der Waals surface area contributed by atoms with Gasteiger partial charge in [-0.1, -0.05) is 12.1 Å². The lowest BCUT2D eigenvalue weighted by atomic mass is 9.72. The molecule has 22 heavy (non-hydrogen) atoms. The summed E-state index contributed by atoms with van der Waals surface area (Å²) in [6.07, 6.45) is 0. The minimum absolute atomic E-state index is 0.272. The Balaban J connectivity index is 2.02. The number of likely N-dealkylation sites (tertiary alicyclic amines) is 1. The molecule has 2 aliphatic rings. The molecule has 116 valence electrons. The first-order valence-electron chi connectivity index (χ1n) is 6.96. The van der Waals surface area contributed by atoms with Crippen molar-refractivity contribution in [3.63, 3.8) is 0 Å². The van der Waals surface area contributed by atoms with Gasteiger partial charge in [-0.05, 0) is 24.7 Å². The van der Waals surface area contributed by atoms with Crippen LogP contribution in [0, 0.1) is 5.41 Å². The minimum Gasteiger partial charge on any atom is -0.497 e. The molecule has 2 heterocycles. The molecule has 2 saturated heterocycles. The summed E-state index contributed by atoms with van der Waals surface area (Å²) in [5.74, 6) is -0.689. The molecule has 2 fully saturated rings. The van der Waals surface area contributed by atoms with Gasteiger partial charge in [-0.3, -0.25) is 20.2 Å². The van der Waals surface area contributed by atoms with Crippen LogP contribution in [-0.4, -0.2) is 50.0 Å². The zero-order valence-corrected chi connectivity index (χ0v) is 12.4. The van der Waals surface area contributed by atoms with Crippen molar-refractivity contribution in [2.24, 2.45) is 5.41 Å². The highest BCUT2D eigenvalue weighted by atomic mass is 16.5. The number of nitrogens with one attached hydrogen (secondary N) is 2. The lowest BCUT2D eigenvalue weighted by Gasteiger charge is -2.34. The van der Waals surface area contributed by atoms with E-state index in [4.69, 9.17) is 4.74 Å². The van der Waals surface area contributed by atoms with Gasteiger partial charge in [0, 0.05) is 19.0 Å². The molecule has 0 saturated carbocycles. The van der Waals surface area contributed by atoms with E-state index in [1.165, 1.54) is 0 Å². The standard InChI is InChI=1S/C15H17N3O4/c1-18-7-11(9-3-5-10(22-2)6-4-9)15(8-18)12(19)16-14(21)17-13(15)20/h3-6,11H,7-8H2,1-2H3,(H2,16,17,19,20,21). The van der Waals surface area contributed by atoms with Crippen molar-refractivity contribution in [3.05, 3.63) is 29.8 Å². The molecular formula is C15H17N3O4. The number of barbiturate groups is 1. The predicted molar refractivity (Wildman–Crippen MR) is 77.3 cm³/mol. The van der Waals surface area contributed by atoms with Crippen LogP contribution in [-0.2, 0) is 9.59 Å². The van der Waals surface area contributed by atoms with Gasteiger partial charge in [0.05, 0.1) is 7.11 Å². The Morgan fingerprint density at radius 3 is 2.27 bits per heavy atom. The number of hydrogen-bond donors (Lipinski definition) is 2. The normalized spacial score (nSPS) is 24.3. The molecule has 2 aliphatic heterocycles. The second-order valence-corrected chi connectivity index (χ2v) is 5.73. The minimum atomic E-state index is -1.28. The Morgan fingerprint density at radius 2 is 1.73 bits per heavy atom. The van der Waals surface area contributed by atoms with Crippen LogP contribution < -0.4 is 15.4 Å². The molecule has 1 spiro atoms.